The van der Waals surface area contributed by atoms with E-state index in [2.05, 4.69) is 0 Å². The highest BCUT2D eigenvalue weighted by atomic mass is 35.7. The van der Waals surface area contributed by atoms with Crippen molar-refractivity contribution in [3.63, 3.8) is 0 Å². The molecule has 4 nitrogen and oxygen atoms in total. The summed E-state index contributed by atoms with van der Waals surface area (Å²) in [6.07, 6.45) is 0. The summed E-state index contributed by atoms with van der Waals surface area (Å²) in [6, 6.07) is 5.53. The maximum atomic E-state index is 11.7. The summed E-state index contributed by atoms with van der Waals surface area (Å²) in [6.45, 7) is 2.45. The van der Waals surface area contributed by atoms with E-state index in [9.17, 15) is 13.2 Å². The fourth-order valence-electron chi connectivity index (χ4n) is 1.12. The molecule has 0 bridgehead atoms. The summed E-state index contributed by atoms with van der Waals surface area (Å²) in [4.78, 5) is 13.2. The van der Waals surface area contributed by atoms with Gasteiger partial charge in [0.15, 0.2) is 0 Å². The molecule has 0 radical (unpaired) electrons. The third kappa shape index (κ3) is 2.96. The molecule has 88 valence electrons. The van der Waals surface area contributed by atoms with E-state index in [1.54, 1.807) is 7.05 Å². The number of amides is 1. The highest BCUT2D eigenvalue weighted by Crippen LogP contribution is 2.15. The van der Waals surface area contributed by atoms with Gasteiger partial charge in [-0.2, -0.15) is 0 Å². The molecule has 0 heterocycles. The molecule has 6 heteroatoms. The number of hydrogen-bond acceptors (Lipinski definition) is 3. The van der Waals surface area contributed by atoms with E-state index in [0.29, 0.717) is 12.1 Å². The van der Waals surface area contributed by atoms with Crippen LogP contribution in [-0.4, -0.2) is 32.8 Å². The van der Waals surface area contributed by atoms with Gasteiger partial charge in [-0.3, -0.25) is 4.79 Å². The van der Waals surface area contributed by atoms with Crippen LogP contribution in [0.3, 0.4) is 0 Å². The van der Waals surface area contributed by atoms with Crippen LogP contribution in [-0.2, 0) is 9.05 Å². The van der Waals surface area contributed by atoms with E-state index in [1.165, 1.54) is 29.2 Å². The van der Waals surface area contributed by atoms with Crippen LogP contribution >= 0.6 is 10.7 Å². The second kappa shape index (κ2) is 4.84. The SMILES string of the molecule is CCN(C)C(=O)c1ccc(S(=O)(=O)Cl)cc1. The number of hydrogen-bond donors (Lipinski definition) is 0. The Kier molecular flexibility index (Phi) is 3.93. The Morgan fingerprint density at radius 3 is 2.19 bits per heavy atom. The van der Waals surface area contributed by atoms with Gasteiger partial charge in [-0.15, -0.1) is 0 Å². The number of rotatable bonds is 3. The summed E-state index contributed by atoms with van der Waals surface area (Å²) < 4.78 is 21.9. The Labute approximate surface area is 99.2 Å². The fourth-order valence-corrected chi connectivity index (χ4v) is 1.89. The highest BCUT2D eigenvalue weighted by molar-refractivity contribution is 8.13. The lowest BCUT2D eigenvalue weighted by atomic mass is 10.2. The van der Waals surface area contributed by atoms with E-state index < -0.39 is 9.05 Å². The van der Waals surface area contributed by atoms with Gasteiger partial charge in [-0.1, -0.05) is 0 Å². The van der Waals surface area contributed by atoms with Gasteiger partial charge in [0.25, 0.3) is 15.0 Å². The first-order valence-electron chi connectivity index (χ1n) is 4.66. The normalized spacial score (nSPS) is 11.2. The molecule has 16 heavy (non-hydrogen) atoms. The zero-order valence-corrected chi connectivity index (χ0v) is 10.5. The van der Waals surface area contributed by atoms with Crippen molar-refractivity contribution in [1.29, 1.82) is 0 Å². The Morgan fingerprint density at radius 2 is 1.81 bits per heavy atom. The van der Waals surface area contributed by atoms with Crippen molar-refractivity contribution in [2.45, 2.75) is 11.8 Å². The van der Waals surface area contributed by atoms with Crippen LogP contribution in [0.2, 0.25) is 0 Å². The van der Waals surface area contributed by atoms with Crippen LogP contribution in [0.25, 0.3) is 0 Å². The molecule has 0 saturated carbocycles. The Bertz CT molecular complexity index is 481. The molecule has 0 aliphatic heterocycles. The zero-order chi connectivity index (χ0) is 12.3. The zero-order valence-electron chi connectivity index (χ0n) is 8.97. The summed E-state index contributed by atoms with van der Waals surface area (Å²) in [5.74, 6) is -0.152. The van der Waals surface area contributed by atoms with Gasteiger partial charge in [0.1, 0.15) is 0 Å². The minimum atomic E-state index is -3.72. The number of carbonyl (C=O) groups excluding carboxylic acids is 1. The maximum absolute atomic E-state index is 11.7. The molecular weight excluding hydrogens is 250 g/mol. The van der Waals surface area contributed by atoms with Gasteiger partial charge >= 0.3 is 0 Å². The van der Waals surface area contributed by atoms with Crippen LogP contribution in [0.4, 0.5) is 0 Å². The van der Waals surface area contributed by atoms with Gasteiger partial charge in [-0.25, -0.2) is 8.42 Å². The molecule has 0 aliphatic carbocycles. The van der Waals surface area contributed by atoms with E-state index in [4.69, 9.17) is 10.7 Å². The van der Waals surface area contributed by atoms with Crippen molar-refractivity contribution in [3.05, 3.63) is 29.8 Å². The molecule has 1 rings (SSSR count). The first-order valence-corrected chi connectivity index (χ1v) is 6.97. The van der Waals surface area contributed by atoms with E-state index in [-0.39, 0.29) is 10.8 Å². The molecule has 0 aliphatic rings. The summed E-state index contributed by atoms with van der Waals surface area (Å²) in [7, 11) is 3.11. The summed E-state index contributed by atoms with van der Waals surface area (Å²) in [5, 5.41) is 0. The quantitative estimate of drug-likeness (QED) is 0.779. The molecule has 0 aromatic heterocycles. The largest absolute Gasteiger partial charge is 0.342 e. The number of benzene rings is 1. The second-order valence-corrected chi connectivity index (χ2v) is 5.85. The van der Waals surface area contributed by atoms with Crippen molar-refractivity contribution in [2.24, 2.45) is 0 Å². The Hall–Kier alpha value is -1.07. The average Bonchev–Trinajstić information content (AvgIpc) is 2.26. The van der Waals surface area contributed by atoms with Crippen molar-refractivity contribution >= 4 is 25.6 Å². The molecule has 0 fully saturated rings. The third-order valence-corrected chi connectivity index (χ3v) is 3.57. The van der Waals surface area contributed by atoms with E-state index >= 15 is 0 Å². The molecule has 0 unspecified atom stereocenters. The predicted molar refractivity (Wildman–Crippen MR) is 62.1 cm³/mol. The predicted octanol–water partition coefficient (Wildman–Crippen LogP) is 1.71. The van der Waals surface area contributed by atoms with Gasteiger partial charge in [0, 0.05) is 29.8 Å². The molecule has 0 atom stereocenters. The van der Waals surface area contributed by atoms with Gasteiger partial charge in [0.2, 0.25) is 0 Å². The molecule has 0 saturated heterocycles. The lowest BCUT2D eigenvalue weighted by Crippen LogP contribution is -2.26. The third-order valence-electron chi connectivity index (χ3n) is 2.20. The van der Waals surface area contributed by atoms with Gasteiger partial charge in [0.05, 0.1) is 4.90 Å². The molecular formula is C10H12ClNO3S. The summed E-state index contributed by atoms with van der Waals surface area (Å²) in [5.41, 5.74) is 0.438. The number of halogens is 1. The Balaban J connectivity index is 3.00. The lowest BCUT2D eigenvalue weighted by molar-refractivity contribution is 0.0802. The van der Waals surface area contributed by atoms with Crippen LogP contribution in [0, 0.1) is 0 Å². The molecule has 1 aromatic carbocycles. The number of carbonyl (C=O) groups is 1. The Morgan fingerprint density at radius 1 is 1.31 bits per heavy atom. The first kappa shape index (κ1) is 13.0. The monoisotopic (exact) mass is 261 g/mol. The van der Waals surface area contributed by atoms with Crippen LogP contribution in [0.1, 0.15) is 17.3 Å². The van der Waals surface area contributed by atoms with Crippen molar-refractivity contribution in [1.82, 2.24) is 4.90 Å². The van der Waals surface area contributed by atoms with Crippen molar-refractivity contribution in [2.75, 3.05) is 13.6 Å². The molecule has 1 aromatic rings. The van der Waals surface area contributed by atoms with E-state index in [1.807, 2.05) is 6.92 Å². The van der Waals surface area contributed by atoms with Crippen LogP contribution in [0.5, 0.6) is 0 Å². The van der Waals surface area contributed by atoms with Crippen molar-refractivity contribution < 1.29 is 13.2 Å². The minimum Gasteiger partial charge on any atom is -0.342 e. The average molecular weight is 262 g/mol. The molecule has 0 spiro atoms. The number of nitrogens with zero attached hydrogens (tertiary/aromatic N) is 1. The first-order chi connectivity index (χ1) is 7.36. The molecule has 0 N–H and O–H groups in total. The maximum Gasteiger partial charge on any atom is 0.261 e. The molecule has 1 amide bonds. The van der Waals surface area contributed by atoms with Gasteiger partial charge in [-0.05, 0) is 31.2 Å². The van der Waals surface area contributed by atoms with Crippen LogP contribution in [0.15, 0.2) is 29.2 Å². The highest BCUT2D eigenvalue weighted by Gasteiger charge is 2.13. The smallest absolute Gasteiger partial charge is 0.261 e. The van der Waals surface area contributed by atoms with Crippen LogP contribution < -0.4 is 0 Å². The minimum absolute atomic E-state index is 0.00938. The topological polar surface area (TPSA) is 54.5 Å². The van der Waals surface area contributed by atoms with E-state index in [0.717, 1.165) is 0 Å². The lowest BCUT2D eigenvalue weighted by Gasteiger charge is -2.14. The van der Waals surface area contributed by atoms with Gasteiger partial charge < -0.3 is 4.90 Å². The fraction of sp³-hybridized carbons (Fsp3) is 0.300. The summed E-state index contributed by atoms with van der Waals surface area (Å²) >= 11 is 0. The second-order valence-electron chi connectivity index (χ2n) is 3.28. The van der Waals surface area contributed by atoms with Crippen molar-refractivity contribution in [3.8, 4) is 0 Å². The standard InChI is InChI=1S/C10H12ClNO3S/c1-3-12(2)10(13)8-4-6-9(7-5-8)16(11,14)15/h4-7H,3H2,1-2H3.